The number of aryl methyl sites for hydroxylation is 1. The zero-order valence-corrected chi connectivity index (χ0v) is 18.4. The first-order valence-electron chi connectivity index (χ1n) is 10.7. The molecule has 6 aromatic rings. The maximum Gasteiger partial charge on any atom is 0.126 e. The summed E-state index contributed by atoms with van der Waals surface area (Å²) in [7, 11) is 0. The van der Waals surface area contributed by atoms with Gasteiger partial charge in [-0.15, -0.1) is 11.3 Å². The van der Waals surface area contributed by atoms with Crippen LogP contribution in [-0.2, 0) is 0 Å². The molecule has 0 aliphatic rings. The van der Waals surface area contributed by atoms with Crippen LogP contribution in [0.3, 0.4) is 0 Å². The van der Waals surface area contributed by atoms with Crippen molar-refractivity contribution < 1.29 is 0 Å². The van der Waals surface area contributed by atoms with Gasteiger partial charge in [0.15, 0.2) is 0 Å². The molecular formula is C29H20N2S. The van der Waals surface area contributed by atoms with Crippen molar-refractivity contribution in [1.29, 1.82) is 0 Å². The van der Waals surface area contributed by atoms with Crippen LogP contribution < -0.4 is 0 Å². The minimum absolute atomic E-state index is 0.776. The van der Waals surface area contributed by atoms with Gasteiger partial charge in [-0.25, -0.2) is 9.97 Å². The molecule has 0 spiro atoms. The predicted octanol–water partition coefficient (Wildman–Crippen LogP) is 8.15. The van der Waals surface area contributed by atoms with Gasteiger partial charge in [-0.05, 0) is 48.4 Å². The van der Waals surface area contributed by atoms with Gasteiger partial charge in [0.2, 0.25) is 0 Å². The molecule has 0 fully saturated rings. The Morgan fingerprint density at radius 3 is 2.00 bits per heavy atom. The highest BCUT2D eigenvalue weighted by Crippen LogP contribution is 2.36. The zero-order valence-electron chi connectivity index (χ0n) is 17.6. The molecule has 32 heavy (non-hydrogen) atoms. The van der Waals surface area contributed by atoms with Crippen molar-refractivity contribution in [3.63, 3.8) is 0 Å². The fraction of sp³-hybridized carbons (Fsp3) is 0.0345. The van der Waals surface area contributed by atoms with Gasteiger partial charge in [0.05, 0.1) is 11.4 Å². The SMILES string of the molecule is Cc1nc(-c2cccc(-c3ccccc3)c2)cc(-c2ccc3sc4ccccc4c3c2)n1. The van der Waals surface area contributed by atoms with Crippen LogP contribution in [0.5, 0.6) is 0 Å². The topological polar surface area (TPSA) is 25.8 Å². The number of hydrogen-bond acceptors (Lipinski definition) is 3. The number of nitrogens with zero attached hydrogens (tertiary/aromatic N) is 2. The summed E-state index contributed by atoms with van der Waals surface area (Å²) in [6.45, 7) is 1.96. The van der Waals surface area contributed by atoms with E-state index in [1.165, 1.54) is 31.3 Å². The fourth-order valence-electron chi connectivity index (χ4n) is 4.24. The Morgan fingerprint density at radius 2 is 1.16 bits per heavy atom. The van der Waals surface area contributed by atoms with E-state index in [0.29, 0.717) is 0 Å². The first-order chi connectivity index (χ1) is 15.7. The number of thiophene rings is 1. The molecular weight excluding hydrogens is 408 g/mol. The van der Waals surface area contributed by atoms with Gasteiger partial charge in [0.1, 0.15) is 5.82 Å². The van der Waals surface area contributed by atoms with Crippen molar-refractivity contribution in [3.05, 3.63) is 109 Å². The third-order valence-corrected chi connectivity index (χ3v) is 6.93. The van der Waals surface area contributed by atoms with Gasteiger partial charge in [0.25, 0.3) is 0 Å². The Morgan fingerprint density at radius 1 is 0.500 bits per heavy atom. The Balaban J connectivity index is 1.46. The third-order valence-electron chi connectivity index (χ3n) is 5.78. The lowest BCUT2D eigenvalue weighted by atomic mass is 10.0. The lowest BCUT2D eigenvalue weighted by Crippen LogP contribution is -1.95. The zero-order chi connectivity index (χ0) is 21.5. The third kappa shape index (κ3) is 3.37. The van der Waals surface area contributed by atoms with E-state index < -0.39 is 0 Å². The van der Waals surface area contributed by atoms with Crippen molar-refractivity contribution in [2.75, 3.05) is 0 Å². The quantitative estimate of drug-likeness (QED) is 0.284. The van der Waals surface area contributed by atoms with Crippen LogP contribution in [0.4, 0.5) is 0 Å². The van der Waals surface area contributed by atoms with Crippen molar-refractivity contribution in [2.24, 2.45) is 0 Å². The fourth-order valence-corrected chi connectivity index (χ4v) is 5.32. The maximum absolute atomic E-state index is 4.77. The van der Waals surface area contributed by atoms with Crippen molar-refractivity contribution in [3.8, 4) is 33.6 Å². The summed E-state index contributed by atoms with van der Waals surface area (Å²) in [5.41, 5.74) is 6.50. The van der Waals surface area contributed by atoms with Gasteiger partial charge in [-0.3, -0.25) is 0 Å². The standard InChI is InChI=1S/C29H20N2S/c1-19-30-26(22-11-7-10-21(16-22)20-8-3-2-4-9-20)18-27(31-19)23-14-15-29-25(17-23)24-12-5-6-13-28(24)32-29/h2-18H,1H3. The molecule has 4 aromatic carbocycles. The maximum atomic E-state index is 4.77. The summed E-state index contributed by atoms with van der Waals surface area (Å²) in [5, 5.41) is 2.59. The van der Waals surface area contributed by atoms with Gasteiger partial charge in [-0.2, -0.15) is 0 Å². The summed E-state index contributed by atoms with van der Waals surface area (Å²) in [6, 6.07) is 36.3. The highest BCUT2D eigenvalue weighted by Gasteiger charge is 2.11. The van der Waals surface area contributed by atoms with E-state index in [2.05, 4.69) is 97.1 Å². The largest absolute Gasteiger partial charge is 0.233 e. The van der Waals surface area contributed by atoms with E-state index in [1.807, 2.05) is 24.3 Å². The summed E-state index contributed by atoms with van der Waals surface area (Å²) >= 11 is 1.84. The van der Waals surface area contributed by atoms with Crippen LogP contribution in [0.2, 0.25) is 0 Å². The molecule has 0 saturated carbocycles. The lowest BCUT2D eigenvalue weighted by molar-refractivity contribution is 1.06. The molecule has 0 bridgehead atoms. The molecule has 0 radical (unpaired) electrons. The minimum atomic E-state index is 0.776. The molecule has 0 aliphatic carbocycles. The van der Waals surface area contributed by atoms with Crippen LogP contribution >= 0.6 is 11.3 Å². The van der Waals surface area contributed by atoms with Crippen LogP contribution in [0.15, 0.2) is 103 Å². The smallest absolute Gasteiger partial charge is 0.126 e. The van der Waals surface area contributed by atoms with Crippen molar-refractivity contribution >= 4 is 31.5 Å². The first-order valence-corrected chi connectivity index (χ1v) is 11.5. The summed E-state index contributed by atoms with van der Waals surface area (Å²) in [6.07, 6.45) is 0. The molecule has 0 aliphatic heterocycles. The molecule has 3 heteroatoms. The molecule has 152 valence electrons. The molecule has 2 nitrogen and oxygen atoms in total. The highest BCUT2D eigenvalue weighted by molar-refractivity contribution is 7.25. The van der Waals surface area contributed by atoms with E-state index >= 15 is 0 Å². The van der Waals surface area contributed by atoms with Crippen molar-refractivity contribution in [2.45, 2.75) is 6.92 Å². The number of benzene rings is 4. The lowest BCUT2D eigenvalue weighted by Gasteiger charge is -2.09. The van der Waals surface area contributed by atoms with E-state index in [1.54, 1.807) is 0 Å². The normalized spacial score (nSPS) is 11.3. The molecule has 6 rings (SSSR count). The number of rotatable bonds is 3. The Kier molecular flexibility index (Phi) is 4.55. The monoisotopic (exact) mass is 428 g/mol. The summed E-state index contributed by atoms with van der Waals surface area (Å²) < 4.78 is 2.62. The van der Waals surface area contributed by atoms with E-state index in [4.69, 9.17) is 9.97 Å². The molecule has 0 saturated heterocycles. The Bertz CT molecular complexity index is 1580. The second kappa shape index (κ2) is 7.70. The van der Waals surface area contributed by atoms with Gasteiger partial charge in [0, 0.05) is 31.3 Å². The molecule has 0 unspecified atom stereocenters. The van der Waals surface area contributed by atoms with Crippen LogP contribution in [-0.4, -0.2) is 9.97 Å². The van der Waals surface area contributed by atoms with E-state index in [-0.39, 0.29) is 0 Å². The van der Waals surface area contributed by atoms with Crippen LogP contribution in [0, 0.1) is 6.92 Å². The summed E-state index contributed by atoms with van der Waals surface area (Å²) in [4.78, 5) is 9.53. The average molecular weight is 429 g/mol. The highest BCUT2D eigenvalue weighted by atomic mass is 32.1. The summed E-state index contributed by atoms with van der Waals surface area (Å²) in [5.74, 6) is 0.776. The van der Waals surface area contributed by atoms with Crippen LogP contribution in [0.1, 0.15) is 5.82 Å². The predicted molar refractivity (Wildman–Crippen MR) is 136 cm³/mol. The number of fused-ring (bicyclic) bond motifs is 3. The molecule has 0 atom stereocenters. The van der Waals surface area contributed by atoms with E-state index in [9.17, 15) is 0 Å². The molecule has 0 N–H and O–H groups in total. The second-order valence-corrected chi connectivity index (χ2v) is 9.03. The molecule has 0 amide bonds. The number of hydrogen-bond donors (Lipinski definition) is 0. The van der Waals surface area contributed by atoms with Gasteiger partial charge in [-0.1, -0.05) is 72.8 Å². The molecule has 2 heterocycles. The first kappa shape index (κ1) is 18.9. The van der Waals surface area contributed by atoms with E-state index in [0.717, 1.165) is 28.3 Å². The number of aromatic nitrogens is 2. The van der Waals surface area contributed by atoms with Gasteiger partial charge >= 0.3 is 0 Å². The Labute approximate surface area is 190 Å². The second-order valence-electron chi connectivity index (χ2n) is 7.94. The molecule has 2 aromatic heterocycles. The van der Waals surface area contributed by atoms with Gasteiger partial charge < -0.3 is 0 Å². The van der Waals surface area contributed by atoms with Crippen molar-refractivity contribution in [1.82, 2.24) is 9.97 Å². The minimum Gasteiger partial charge on any atom is -0.233 e. The average Bonchev–Trinajstić information content (AvgIpc) is 3.22. The Hall–Kier alpha value is -3.82. The van der Waals surface area contributed by atoms with Crippen LogP contribution in [0.25, 0.3) is 53.8 Å².